The van der Waals surface area contributed by atoms with Crippen molar-refractivity contribution in [2.24, 2.45) is 5.92 Å². The first kappa shape index (κ1) is 28.5. The number of ether oxygens (including phenoxy) is 2. The van der Waals surface area contributed by atoms with Crippen molar-refractivity contribution in [2.75, 3.05) is 16.2 Å². The maximum absolute atomic E-state index is 13.9. The minimum atomic E-state index is -4.81. The number of nitrogens with one attached hydrogen (secondary N) is 1. The minimum absolute atomic E-state index is 0.0235. The van der Waals surface area contributed by atoms with Crippen LogP contribution in [0.4, 0.5) is 29.3 Å². The van der Waals surface area contributed by atoms with Crippen LogP contribution in [0.25, 0.3) is 0 Å². The molecular weight excluding hydrogens is 541 g/mol. The van der Waals surface area contributed by atoms with E-state index in [1.54, 1.807) is 12.1 Å². The van der Waals surface area contributed by atoms with Gasteiger partial charge in [0.2, 0.25) is 5.60 Å². The number of fused-ring (bicyclic) bond motifs is 1. The van der Waals surface area contributed by atoms with Crippen LogP contribution in [0, 0.1) is 5.92 Å². The Kier molecular flexibility index (Phi) is 7.50. The van der Waals surface area contributed by atoms with Gasteiger partial charge >= 0.3 is 18.2 Å². The summed E-state index contributed by atoms with van der Waals surface area (Å²) in [5, 5.41) is 11.5. The monoisotopic (exact) mass is 570 g/mol. The lowest BCUT2D eigenvalue weighted by Gasteiger charge is -2.36. The maximum Gasteiger partial charge on any atom is 0.427 e. The summed E-state index contributed by atoms with van der Waals surface area (Å²) in [6.45, 7) is 2.68. The van der Waals surface area contributed by atoms with Crippen molar-refractivity contribution in [3.8, 4) is 5.75 Å². The van der Waals surface area contributed by atoms with E-state index in [9.17, 15) is 36.3 Å². The molecule has 2 N–H and O–H groups in total. The first-order chi connectivity index (χ1) is 18.1. The second kappa shape index (κ2) is 10.2. The third-order valence-electron chi connectivity index (χ3n) is 6.70. The summed E-state index contributed by atoms with van der Waals surface area (Å²) < 4.78 is 78.6. The number of alkyl halides is 3. The van der Waals surface area contributed by atoms with Gasteiger partial charge in [0.05, 0.1) is 23.0 Å². The summed E-state index contributed by atoms with van der Waals surface area (Å²) in [7, 11) is -4.17. The zero-order valence-electron chi connectivity index (χ0n) is 21.5. The number of hydrogen-bond acceptors (Lipinski definition) is 6. The van der Waals surface area contributed by atoms with Gasteiger partial charge in [-0.15, -0.1) is 0 Å². The Hall–Kier alpha value is -3.48. The van der Waals surface area contributed by atoms with Gasteiger partial charge in [-0.3, -0.25) is 14.4 Å². The fourth-order valence-corrected chi connectivity index (χ4v) is 5.70. The average molecular weight is 571 g/mol. The normalized spacial score (nSPS) is 18.5. The van der Waals surface area contributed by atoms with Crippen molar-refractivity contribution < 1.29 is 45.8 Å². The highest BCUT2D eigenvalue weighted by atomic mass is 32.2. The fourth-order valence-electron chi connectivity index (χ4n) is 4.14. The molecule has 2 unspecified atom stereocenters. The largest absolute Gasteiger partial charge is 0.486 e. The van der Waals surface area contributed by atoms with Gasteiger partial charge in [-0.25, -0.2) is 13.2 Å². The van der Waals surface area contributed by atoms with Crippen LogP contribution in [0.3, 0.4) is 0 Å². The van der Waals surface area contributed by atoms with E-state index >= 15 is 0 Å². The molecule has 1 amide bonds. The van der Waals surface area contributed by atoms with Crippen LogP contribution in [-0.2, 0) is 19.6 Å². The van der Waals surface area contributed by atoms with E-state index in [0.717, 1.165) is 22.7 Å². The molecule has 1 aliphatic carbocycles. The molecule has 1 heterocycles. The summed E-state index contributed by atoms with van der Waals surface area (Å²) >= 11 is 0. The summed E-state index contributed by atoms with van der Waals surface area (Å²) in [5.74, 6) is -1.47. The van der Waals surface area contributed by atoms with Crippen molar-refractivity contribution in [1.29, 1.82) is 0 Å². The number of rotatable bonds is 8. The SMILES string of the molecule is CC(CC1CN(S(=O)(=O)c2cccc(C3CC3)c2)c2cc(NC(=O)OC(C)(C)C(F)(F)F)ccc2O1)C(=O)O. The van der Waals surface area contributed by atoms with Crippen LogP contribution >= 0.6 is 0 Å². The molecule has 1 aliphatic heterocycles. The second-order valence-corrected chi connectivity index (χ2v) is 12.2. The number of nitrogens with zero attached hydrogens (tertiary/aromatic N) is 1. The summed E-state index contributed by atoms with van der Waals surface area (Å²) in [4.78, 5) is 23.7. The molecule has 39 heavy (non-hydrogen) atoms. The molecule has 13 heteroatoms. The predicted octanol–water partition coefficient (Wildman–Crippen LogP) is 5.52. The number of amides is 1. The van der Waals surface area contributed by atoms with Crippen LogP contribution in [0.5, 0.6) is 5.75 Å². The molecule has 2 aromatic rings. The quantitative estimate of drug-likeness (QED) is 0.429. The van der Waals surface area contributed by atoms with E-state index in [4.69, 9.17) is 4.74 Å². The van der Waals surface area contributed by atoms with Crippen LogP contribution in [0.1, 0.15) is 51.5 Å². The van der Waals surface area contributed by atoms with Crippen molar-refractivity contribution >= 4 is 33.5 Å². The fraction of sp³-hybridized carbons (Fsp3) is 0.462. The van der Waals surface area contributed by atoms with Gasteiger partial charge in [0.25, 0.3) is 10.0 Å². The standard InChI is InChI=1S/C26H29F3N2O7S/c1-15(23(32)33)11-19-14-31(39(35,36)20-6-4-5-17(12-20)16-7-8-16)21-13-18(9-10-22(21)37-19)30-24(34)38-25(2,3)26(27,28)29/h4-6,9-10,12-13,15-16,19H,7-8,11,14H2,1-3H3,(H,30,34)(H,32,33). The molecule has 2 atom stereocenters. The Morgan fingerprint density at radius 3 is 2.49 bits per heavy atom. The average Bonchev–Trinajstić information content (AvgIpc) is 3.68. The first-order valence-electron chi connectivity index (χ1n) is 12.3. The molecular formula is C26H29F3N2O7S. The molecule has 212 valence electrons. The molecule has 0 spiro atoms. The van der Waals surface area contributed by atoms with Gasteiger partial charge in [-0.2, -0.15) is 13.2 Å². The van der Waals surface area contributed by atoms with Crippen LogP contribution < -0.4 is 14.4 Å². The molecule has 0 radical (unpaired) electrons. The number of halogens is 3. The lowest BCUT2D eigenvalue weighted by atomic mass is 10.0. The molecule has 4 rings (SSSR count). The molecule has 1 saturated carbocycles. The van der Waals surface area contributed by atoms with E-state index in [2.05, 4.69) is 10.1 Å². The Labute approximate surface area is 223 Å². The molecule has 0 bridgehead atoms. The number of carbonyl (C=O) groups is 2. The van der Waals surface area contributed by atoms with E-state index in [-0.39, 0.29) is 35.0 Å². The maximum atomic E-state index is 13.9. The van der Waals surface area contributed by atoms with E-state index in [1.165, 1.54) is 31.2 Å². The van der Waals surface area contributed by atoms with E-state index < -0.39 is 45.9 Å². The molecule has 2 aromatic carbocycles. The number of benzene rings is 2. The Bertz CT molecular complexity index is 1370. The summed E-state index contributed by atoms with van der Waals surface area (Å²) in [6, 6.07) is 10.5. The number of anilines is 2. The lowest BCUT2D eigenvalue weighted by molar-refractivity contribution is -0.242. The van der Waals surface area contributed by atoms with Gasteiger partial charge in [0.15, 0.2) is 0 Å². The second-order valence-electron chi connectivity index (χ2n) is 10.3. The van der Waals surface area contributed by atoms with E-state index in [1.807, 2.05) is 6.07 Å². The summed E-state index contributed by atoms with van der Waals surface area (Å²) in [5.41, 5.74) is -1.85. The molecule has 0 saturated heterocycles. The third kappa shape index (κ3) is 6.23. The zero-order valence-corrected chi connectivity index (χ0v) is 22.3. The highest BCUT2D eigenvalue weighted by Crippen LogP contribution is 2.43. The molecule has 2 aliphatic rings. The number of sulfonamides is 1. The Morgan fingerprint density at radius 1 is 1.18 bits per heavy atom. The predicted molar refractivity (Wildman–Crippen MR) is 135 cm³/mol. The van der Waals surface area contributed by atoms with Gasteiger partial charge in [-0.05, 0) is 74.9 Å². The van der Waals surface area contributed by atoms with Crippen LogP contribution in [0.2, 0.25) is 0 Å². The summed E-state index contributed by atoms with van der Waals surface area (Å²) in [6.07, 6.45) is -5.02. The highest BCUT2D eigenvalue weighted by Gasteiger charge is 2.51. The topological polar surface area (TPSA) is 122 Å². The van der Waals surface area contributed by atoms with Gasteiger partial charge < -0.3 is 14.6 Å². The Balaban J connectivity index is 1.67. The number of carboxylic acids is 1. The highest BCUT2D eigenvalue weighted by molar-refractivity contribution is 7.92. The first-order valence-corrected chi connectivity index (χ1v) is 13.8. The molecule has 1 fully saturated rings. The zero-order chi connectivity index (χ0) is 28.8. The molecule has 0 aromatic heterocycles. The van der Waals surface area contributed by atoms with Crippen molar-refractivity contribution in [3.63, 3.8) is 0 Å². The number of carbonyl (C=O) groups excluding carboxylic acids is 1. The van der Waals surface area contributed by atoms with Crippen LogP contribution in [-0.4, -0.2) is 50.0 Å². The smallest absolute Gasteiger partial charge is 0.427 e. The van der Waals surface area contributed by atoms with Crippen molar-refractivity contribution in [2.45, 2.75) is 68.7 Å². The van der Waals surface area contributed by atoms with Gasteiger partial charge in [0.1, 0.15) is 11.9 Å². The molecule has 9 nitrogen and oxygen atoms in total. The van der Waals surface area contributed by atoms with Crippen molar-refractivity contribution in [3.05, 3.63) is 48.0 Å². The Morgan fingerprint density at radius 2 is 1.87 bits per heavy atom. The third-order valence-corrected chi connectivity index (χ3v) is 8.48. The van der Waals surface area contributed by atoms with E-state index in [0.29, 0.717) is 19.8 Å². The number of carboxylic acid groups (broad SMARTS) is 1. The minimum Gasteiger partial charge on any atom is -0.486 e. The number of hydrogen-bond donors (Lipinski definition) is 2. The number of aliphatic carboxylic acids is 1. The lowest BCUT2D eigenvalue weighted by Crippen LogP contribution is -2.45. The van der Waals surface area contributed by atoms with Gasteiger partial charge in [0, 0.05) is 5.69 Å². The van der Waals surface area contributed by atoms with Crippen LogP contribution in [0.15, 0.2) is 47.4 Å². The van der Waals surface area contributed by atoms with Gasteiger partial charge in [-0.1, -0.05) is 19.1 Å². The van der Waals surface area contributed by atoms with Crippen molar-refractivity contribution in [1.82, 2.24) is 0 Å².